The van der Waals surface area contributed by atoms with E-state index in [1.807, 2.05) is 6.26 Å². The highest BCUT2D eigenvalue weighted by molar-refractivity contribution is 7.98. The molecule has 0 spiro atoms. The van der Waals surface area contributed by atoms with E-state index in [1.165, 1.54) is 25.6 Å². The van der Waals surface area contributed by atoms with Gasteiger partial charge >= 0.3 is 5.97 Å². The molecule has 5 atom stereocenters. The third kappa shape index (κ3) is 7.64. The number of carbonyl (C=O) groups excluding carboxylic acids is 3. The Labute approximate surface area is 168 Å². The number of aliphatic carboxylic acids is 1. The van der Waals surface area contributed by atoms with Crippen LogP contribution in [0.4, 0.5) is 0 Å². The van der Waals surface area contributed by atoms with Crippen LogP contribution >= 0.6 is 11.8 Å². The molecule has 160 valence electrons. The molecule has 10 nitrogen and oxygen atoms in total. The number of hydrogen-bond acceptors (Lipinski definition) is 7. The molecular formula is C17H30N4O6S. The van der Waals surface area contributed by atoms with E-state index < -0.39 is 42.0 Å². The lowest BCUT2D eigenvalue weighted by Gasteiger charge is -2.26. The van der Waals surface area contributed by atoms with Crippen molar-refractivity contribution in [2.75, 3.05) is 18.6 Å². The molecule has 5 unspecified atom stereocenters. The first-order chi connectivity index (χ1) is 13.2. The van der Waals surface area contributed by atoms with Crippen molar-refractivity contribution < 1.29 is 29.4 Å². The molecule has 28 heavy (non-hydrogen) atoms. The predicted octanol–water partition coefficient (Wildman–Crippen LogP) is -1.57. The van der Waals surface area contributed by atoms with Crippen molar-refractivity contribution in [3.05, 3.63) is 0 Å². The van der Waals surface area contributed by atoms with Crippen molar-refractivity contribution in [3.8, 4) is 0 Å². The molecule has 1 heterocycles. The van der Waals surface area contributed by atoms with Crippen LogP contribution in [0.2, 0.25) is 0 Å². The topological polar surface area (TPSA) is 157 Å². The Morgan fingerprint density at radius 3 is 2.32 bits per heavy atom. The molecule has 1 saturated heterocycles. The van der Waals surface area contributed by atoms with Gasteiger partial charge < -0.3 is 31.5 Å². The zero-order valence-electron chi connectivity index (χ0n) is 16.4. The number of amides is 3. The van der Waals surface area contributed by atoms with Crippen LogP contribution in [0.1, 0.15) is 33.1 Å². The fourth-order valence-corrected chi connectivity index (χ4v) is 3.18. The zero-order valence-corrected chi connectivity index (χ0v) is 17.2. The van der Waals surface area contributed by atoms with Crippen LogP contribution in [-0.4, -0.2) is 82.7 Å². The molecule has 1 rings (SSSR count). The van der Waals surface area contributed by atoms with Crippen molar-refractivity contribution in [1.29, 1.82) is 0 Å². The summed E-state index contributed by atoms with van der Waals surface area (Å²) in [6.45, 7) is 3.33. The minimum absolute atomic E-state index is 0.281. The second kappa shape index (κ2) is 11.9. The smallest absolute Gasteiger partial charge is 0.325 e. The summed E-state index contributed by atoms with van der Waals surface area (Å²) in [7, 11) is 0. The van der Waals surface area contributed by atoms with Crippen LogP contribution in [0.15, 0.2) is 0 Å². The molecule has 0 aromatic carbocycles. The van der Waals surface area contributed by atoms with Crippen molar-refractivity contribution >= 4 is 35.5 Å². The monoisotopic (exact) mass is 418 g/mol. The van der Waals surface area contributed by atoms with E-state index in [-0.39, 0.29) is 11.9 Å². The molecule has 0 aliphatic carbocycles. The van der Waals surface area contributed by atoms with Crippen LogP contribution in [0.5, 0.6) is 0 Å². The second-order valence-corrected chi connectivity index (χ2v) is 7.77. The number of aliphatic hydroxyl groups is 1. The Bertz CT molecular complexity index is 568. The average molecular weight is 419 g/mol. The lowest BCUT2D eigenvalue weighted by molar-refractivity contribution is -0.142. The van der Waals surface area contributed by atoms with E-state index in [9.17, 15) is 24.3 Å². The standard InChI is InChI=1S/C17H30N4O6S/c1-9(17(26)27)19-16(25)13(10(2)22)21-15(24)12(6-8-28-3)20-14(23)11-5-4-7-18-11/h9-13,18,22H,4-8H2,1-3H3,(H,19,25)(H,20,23)(H,21,24)(H,26,27). The zero-order chi connectivity index (χ0) is 21.3. The summed E-state index contributed by atoms with van der Waals surface area (Å²) < 4.78 is 0. The van der Waals surface area contributed by atoms with Crippen LogP contribution in [0.3, 0.4) is 0 Å². The summed E-state index contributed by atoms with van der Waals surface area (Å²) in [6.07, 6.45) is 2.54. The molecule has 3 amide bonds. The summed E-state index contributed by atoms with van der Waals surface area (Å²) in [5, 5.41) is 29.2. The van der Waals surface area contributed by atoms with Gasteiger partial charge in [0.2, 0.25) is 17.7 Å². The van der Waals surface area contributed by atoms with Gasteiger partial charge in [-0.2, -0.15) is 11.8 Å². The summed E-state index contributed by atoms with van der Waals surface area (Å²) in [4.78, 5) is 48.2. The lowest BCUT2D eigenvalue weighted by Crippen LogP contribution is -2.59. The molecular weight excluding hydrogens is 388 g/mol. The van der Waals surface area contributed by atoms with Gasteiger partial charge in [0, 0.05) is 0 Å². The maximum Gasteiger partial charge on any atom is 0.325 e. The van der Waals surface area contributed by atoms with Gasteiger partial charge in [-0.25, -0.2) is 0 Å². The van der Waals surface area contributed by atoms with E-state index in [1.54, 1.807) is 0 Å². The molecule has 1 aliphatic heterocycles. The van der Waals surface area contributed by atoms with Crippen molar-refractivity contribution in [2.24, 2.45) is 0 Å². The van der Waals surface area contributed by atoms with Gasteiger partial charge in [-0.15, -0.1) is 0 Å². The van der Waals surface area contributed by atoms with Gasteiger partial charge in [0.15, 0.2) is 0 Å². The van der Waals surface area contributed by atoms with Crippen molar-refractivity contribution in [3.63, 3.8) is 0 Å². The first-order valence-corrected chi connectivity index (χ1v) is 10.6. The van der Waals surface area contributed by atoms with Gasteiger partial charge in [-0.1, -0.05) is 0 Å². The summed E-state index contributed by atoms with van der Waals surface area (Å²) in [6, 6.07) is -3.73. The lowest BCUT2D eigenvalue weighted by atomic mass is 10.1. The maximum atomic E-state index is 12.7. The number of hydrogen-bond donors (Lipinski definition) is 6. The SMILES string of the molecule is CSCCC(NC(=O)C1CCCN1)C(=O)NC(C(=O)NC(C)C(=O)O)C(C)O. The highest BCUT2D eigenvalue weighted by Gasteiger charge is 2.32. The van der Waals surface area contributed by atoms with E-state index in [0.717, 1.165) is 13.0 Å². The van der Waals surface area contributed by atoms with Gasteiger partial charge in [0.25, 0.3) is 0 Å². The minimum atomic E-state index is -1.34. The molecule has 0 radical (unpaired) electrons. The Kier molecular flexibility index (Phi) is 10.3. The number of carboxylic acids is 1. The molecule has 1 fully saturated rings. The second-order valence-electron chi connectivity index (χ2n) is 6.79. The highest BCUT2D eigenvalue weighted by Crippen LogP contribution is 2.08. The van der Waals surface area contributed by atoms with Crippen LogP contribution in [-0.2, 0) is 19.2 Å². The molecule has 0 bridgehead atoms. The largest absolute Gasteiger partial charge is 0.480 e. The molecule has 0 aromatic heterocycles. The third-order valence-corrected chi connectivity index (χ3v) is 5.06. The molecule has 1 aliphatic rings. The average Bonchev–Trinajstić information content (AvgIpc) is 3.16. The Hall–Kier alpha value is -1.85. The van der Waals surface area contributed by atoms with Crippen LogP contribution in [0, 0.1) is 0 Å². The first-order valence-electron chi connectivity index (χ1n) is 9.21. The number of carboxylic acid groups (broad SMARTS) is 1. The number of thioether (sulfide) groups is 1. The Morgan fingerprint density at radius 2 is 1.82 bits per heavy atom. The van der Waals surface area contributed by atoms with Gasteiger partial charge in [-0.3, -0.25) is 19.2 Å². The van der Waals surface area contributed by atoms with E-state index in [2.05, 4.69) is 21.3 Å². The molecule has 6 N–H and O–H groups in total. The molecule has 11 heteroatoms. The van der Waals surface area contributed by atoms with E-state index in [0.29, 0.717) is 18.6 Å². The number of carbonyl (C=O) groups is 4. The fourth-order valence-electron chi connectivity index (χ4n) is 2.71. The quantitative estimate of drug-likeness (QED) is 0.235. The number of aliphatic hydroxyl groups excluding tert-OH is 1. The normalized spacial score (nSPS) is 20.5. The van der Waals surface area contributed by atoms with Crippen molar-refractivity contribution in [2.45, 2.75) is 63.4 Å². The van der Waals surface area contributed by atoms with Crippen molar-refractivity contribution in [1.82, 2.24) is 21.3 Å². The van der Waals surface area contributed by atoms with Gasteiger partial charge in [0.1, 0.15) is 18.1 Å². The molecule has 0 aromatic rings. The van der Waals surface area contributed by atoms with E-state index in [4.69, 9.17) is 5.11 Å². The number of nitrogens with one attached hydrogen (secondary N) is 4. The van der Waals surface area contributed by atoms with Gasteiger partial charge in [0.05, 0.1) is 12.1 Å². The van der Waals surface area contributed by atoms with Gasteiger partial charge in [-0.05, 0) is 51.7 Å². The Morgan fingerprint density at radius 1 is 1.14 bits per heavy atom. The highest BCUT2D eigenvalue weighted by atomic mass is 32.2. The maximum absolute atomic E-state index is 12.7. The van der Waals surface area contributed by atoms with E-state index >= 15 is 0 Å². The van der Waals surface area contributed by atoms with Crippen LogP contribution < -0.4 is 21.3 Å². The first kappa shape index (κ1) is 24.2. The minimum Gasteiger partial charge on any atom is -0.480 e. The molecule has 0 saturated carbocycles. The Balaban J connectivity index is 2.78. The fraction of sp³-hybridized carbons (Fsp3) is 0.765. The third-order valence-electron chi connectivity index (χ3n) is 4.41. The summed E-state index contributed by atoms with van der Waals surface area (Å²) in [5.41, 5.74) is 0. The predicted molar refractivity (Wildman–Crippen MR) is 105 cm³/mol. The summed E-state index contributed by atoms with van der Waals surface area (Å²) in [5.74, 6) is -2.33. The summed E-state index contributed by atoms with van der Waals surface area (Å²) >= 11 is 1.51. The number of rotatable bonds is 11. The van der Waals surface area contributed by atoms with Crippen LogP contribution in [0.25, 0.3) is 0 Å².